The number of nitrogens with zero attached hydrogens (tertiary/aromatic N) is 1. The van der Waals surface area contributed by atoms with Crippen molar-refractivity contribution in [2.45, 2.75) is 26.9 Å². The molecule has 0 bridgehead atoms. The number of furan rings is 1. The van der Waals surface area contributed by atoms with Gasteiger partial charge in [0.1, 0.15) is 5.76 Å². The van der Waals surface area contributed by atoms with Gasteiger partial charge in [-0.2, -0.15) is 0 Å². The van der Waals surface area contributed by atoms with Crippen LogP contribution in [0.1, 0.15) is 22.5 Å². The second-order valence-electron chi connectivity index (χ2n) is 5.10. The quantitative estimate of drug-likeness (QED) is 0.892. The van der Waals surface area contributed by atoms with Crippen molar-refractivity contribution >= 4 is 5.69 Å². The zero-order chi connectivity index (χ0) is 13.8. The zero-order valence-corrected chi connectivity index (χ0v) is 12.2. The Hall–Kier alpha value is -1.74. The van der Waals surface area contributed by atoms with Gasteiger partial charge in [0.15, 0.2) is 0 Å². The predicted molar refractivity (Wildman–Crippen MR) is 79.5 cm³/mol. The topological polar surface area (TPSA) is 28.4 Å². The molecule has 1 heterocycles. The van der Waals surface area contributed by atoms with Gasteiger partial charge in [0, 0.05) is 24.8 Å². The second-order valence-corrected chi connectivity index (χ2v) is 5.10. The fraction of sp³-hybridized carbons (Fsp3) is 0.375. The maximum absolute atomic E-state index is 5.59. The van der Waals surface area contributed by atoms with Crippen LogP contribution < -0.4 is 10.2 Å². The number of aryl methyl sites for hydroxylation is 2. The van der Waals surface area contributed by atoms with Gasteiger partial charge >= 0.3 is 0 Å². The minimum atomic E-state index is 0.785. The highest BCUT2D eigenvalue weighted by Crippen LogP contribution is 2.21. The van der Waals surface area contributed by atoms with E-state index in [1.807, 2.05) is 13.1 Å². The number of hydrogen-bond donors (Lipinski definition) is 1. The summed E-state index contributed by atoms with van der Waals surface area (Å²) in [5, 5.41) is 3.16. The van der Waals surface area contributed by atoms with Gasteiger partial charge in [-0.3, -0.25) is 0 Å². The molecule has 1 aromatic carbocycles. The summed E-state index contributed by atoms with van der Waals surface area (Å²) in [5.74, 6) is 1.02. The summed E-state index contributed by atoms with van der Waals surface area (Å²) in [7, 11) is 4.05. The lowest BCUT2D eigenvalue weighted by molar-refractivity contribution is 0.501. The lowest BCUT2D eigenvalue weighted by atomic mass is 10.1. The van der Waals surface area contributed by atoms with Gasteiger partial charge < -0.3 is 14.6 Å². The van der Waals surface area contributed by atoms with Crippen LogP contribution in [0, 0.1) is 13.8 Å². The summed E-state index contributed by atoms with van der Waals surface area (Å²) in [4.78, 5) is 2.22. The maximum Gasteiger partial charge on any atom is 0.127 e. The monoisotopic (exact) mass is 258 g/mol. The van der Waals surface area contributed by atoms with E-state index in [1.54, 1.807) is 6.26 Å². The summed E-state index contributed by atoms with van der Waals surface area (Å²) >= 11 is 0. The van der Waals surface area contributed by atoms with Gasteiger partial charge in [-0.15, -0.1) is 0 Å². The first-order valence-corrected chi connectivity index (χ1v) is 6.59. The highest BCUT2D eigenvalue weighted by Gasteiger charge is 2.10. The second kappa shape index (κ2) is 5.93. The average molecular weight is 258 g/mol. The van der Waals surface area contributed by atoms with Crippen LogP contribution in [0.2, 0.25) is 0 Å². The molecule has 0 amide bonds. The third kappa shape index (κ3) is 3.38. The van der Waals surface area contributed by atoms with Crippen LogP contribution in [-0.2, 0) is 13.1 Å². The largest absolute Gasteiger partial charge is 0.467 e. The molecule has 3 heteroatoms. The van der Waals surface area contributed by atoms with Crippen LogP contribution in [0.5, 0.6) is 0 Å². The number of rotatable bonds is 5. The smallest absolute Gasteiger partial charge is 0.127 e. The van der Waals surface area contributed by atoms with Crippen LogP contribution in [0.25, 0.3) is 0 Å². The molecule has 0 aliphatic carbocycles. The Balaban J connectivity index is 2.15. The molecule has 102 valence electrons. The molecule has 2 aromatic rings. The summed E-state index contributed by atoms with van der Waals surface area (Å²) in [6, 6.07) is 8.62. The third-order valence-corrected chi connectivity index (χ3v) is 3.23. The first kappa shape index (κ1) is 13.7. The van der Waals surface area contributed by atoms with Crippen molar-refractivity contribution < 1.29 is 4.42 Å². The first-order valence-electron chi connectivity index (χ1n) is 6.59. The SMILES string of the molecule is CNCc1ccoc1CN(C)c1cc(C)cc(C)c1. The van der Waals surface area contributed by atoms with E-state index < -0.39 is 0 Å². The zero-order valence-electron chi connectivity index (χ0n) is 12.2. The third-order valence-electron chi connectivity index (χ3n) is 3.23. The molecule has 2 rings (SSSR count). The Bertz CT molecular complexity index is 525. The number of anilines is 1. The molecule has 3 nitrogen and oxygen atoms in total. The molecule has 1 N–H and O–H groups in total. The first-order chi connectivity index (χ1) is 9.10. The van der Waals surface area contributed by atoms with E-state index in [0.29, 0.717) is 0 Å². The van der Waals surface area contributed by atoms with Gasteiger partial charge in [0.2, 0.25) is 0 Å². The van der Waals surface area contributed by atoms with Crippen molar-refractivity contribution in [1.29, 1.82) is 0 Å². The van der Waals surface area contributed by atoms with E-state index in [-0.39, 0.29) is 0 Å². The maximum atomic E-state index is 5.59. The predicted octanol–water partition coefficient (Wildman–Crippen LogP) is 3.25. The Morgan fingerprint density at radius 2 is 1.84 bits per heavy atom. The van der Waals surface area contributed by atoms with Crippen LogP contribution in [0.4, 0.5) is 5.69 Å². The molecule has 0 fully saturated rings. The molecule has 1 aromatic heterocycles. The molecule has 0 aliphatic heterocycles. The lowest BCUT2D eigenvalue weighted by Gasteiger charge is -2.20. The standard InChI is InChI=1S/C16H22N2O/c1-12-7-13(2)9-15(8-12)18(4)11-16-14(10-17-3)5-6-19-16/h5-9,17H,10-11H2,1-4H3. The van der Waals surface area contributed by atoms with Gasteiger partial charge in [-0.1, -0.05) is 6.07 Å². The molecule has 0 radical (unpaired) electrons. The fourth-order valence-corrected chi connectivity index (χ4v) is 2.33. The van der Waals surface area contributed by atoms with Gasteiger partial charge in [-0.05, 0) is 50.2 Å². The minimum Gasteiger partial charge on any atom is -0.467 e. The van der Waals surface area contributed by atoms with Gasteiger partial charge in [0.25, 0.3) is 0 Å². The van der Waals surface area contributed by atoms with Crippen molar-refractivity contribution in [3.05, 3.63) is 53.0 Å². The van der Waals surface area contributed by atoms with Crippen LogP contribution in [0.3, 0.4) is 0 Å². The van der Waals surface area contributed by atoms with Crippen molar-refractivity contribution in [1.82, 2.24) is 5.32 Å². The lowest BCUT2D eigenvalue weighted by Crippen LogP contribution is -2.18. The van der Waals surface area contributed by atoms with E-state index in [9.17, 15) is 0 Å². The number of hydrogen-bond acceptors (Lipinski definition) is 3. The average Bonchev–Trinajstić information content (AvgIpc) is 2.76. The Morgan fingerprint density at radius 3 is 2.47 bits per heavy atom. The van der Waals surface area contributed by atoms with Crippen LogP contribution in [0.15, 0.2) is 34.9 Å². The molecule has 0 atom stereocenters. The molecule has 0 aliphatic rings. The normalized spacial score (nSPS) is 10.7. The minimum absolute atomic E-state index is 0.785. The molecule has 19 heavy (non-hydrogen) atoms. The Labute approximate surface area is 115 Å². The van der Waals surface area contributed by atoms with Gasteiger partial charge in [0.05, 0.1) is 12.8 Å². The summed E-state index contributed by atoms with van der Waals surface area (Å²) in [6.07, 6.45) is 1.76. The van der Waals surface area contributed by atoms with E-state index >= 15 is 0 Å². The Morgan fingerprint density at radius 1 is 1.16 bits per heavy atom. The molecule has 0 spiro atoms. The number of benzene rings is 1. The highest BCUT2D eigenvalue weighted by molar-refractivity contribution is 5.50. The van der Waals surface area contributed by atoms with Crippen LogP contribution in [-0.4, -0.2) is 14.1 Å². The summed E-state index contributed by atoms with van der Waals surface area (Å²) < 4.78 is 5.59. The summed E-state index contributed by atoms with van der Waals surface area (Å²) in [5.41, 5.74) is 5.02. The molecular formula is C16H22N2O. The highest BCUT2D eigenvalue weighted by atomic mass is 16.3. The van der Waals surface area contributed by atoms with E-state index in [1.165, 1.54) is 22.4 Å². The van der Waals surface area contributed by atoms with Crippen molar-refractivity contribution in [2.24, 2.45) is 0 Å². The Kier molecular flexibility index (Phi) is 4.27. The van der Waals surface area contributed by atoms with Crippen molar-refractivity contribution in [2.75, 3.05) is 19.0 Å². The van der Waals surface area contributed by atoms with Crippen molar-refractivity contribution in [3.63, 3.8) is 0 Å². The molecule has 0 saturated heterocycles. The summed E-state index contributed by atoms with van der Waals surface area (Å²) in [6.45, 7) is 5.88. The molecular weight excluding hydrogens is 236 g/mol. The fourth-order valence-electron chi connectivity index (χ4n) is 2.33. The van der Waals surface area contributed by atoms with Crippen LogP contribution >= 0.6 is 0 Å². The molecule has 0 saturated carbocycles. The van der Waals surface area contributed by atoms with Gasteiger partial charge in [-0.25, -0.2) is 0 Å². The molecule has 0 unspecified atom stereocenters. The van der Waals surface area contributed by atoms with Crippen molar-refractivity contribution in [3.8, 4) is 0 Å². The van der Waals surface area contributed by atoms with E-state index in [2.05, 4.69) is 49.3 Å². The number of nitrogens with one attached hydrogen (secondary N) is 1. The van der Waals surface area contributed by atoms with E-state index in [0.717, 1.165) is 18.8 Å². The van der Waals surface area contributed by atoms with E-state index in [4.69, 9.17) is 4.42 Å².